The summed E-state index contributed by atoms with van der Waals surface area (Å²) in [6, 6.07) is 17.3. The van der Waals surface area contributed by atoms with Gasteiger partial charge in [-0.15, -0.1) is 0 Å². The average Bonchev–Trinajstić information content (AvgIpc) is 2.74. The molecule has 0 radical (unpaired) electrons. The van der Waals surface area contributed by atoms with Crippen molar-refractivity contribution in [1.29, 1.82) is 0 Å². The summed E-state index contributed by atoms with van der Waals surface area (Å²) < 4.78 is 1.71. The fourth-order valence-electron chi connectivity index (χ4n) is 3.18. The number of hydrogen-bond acceptors (Lipinski definition) is 5. The summed E-state index contributed by atoms with van der Waals surface area (Å²) in [7, 11) is 5.82. The van der Waals surface area contributed by atoms with Gasteiger partial charge >= 0.3 is 0 Å². The molecule has 0 spiro atoms. The minimum atomic E-state index is -0.0491. The first-order valence-electron chi connectivity index (χ1n) is 10.0. The van der Waals surface area contributed by atoms with E-state index in [-0.39, 0.29) is 17.2 Å². The lowest BCUT2D eigenvalue weighted by atomic mass is 10.2. The third-order valence-corrected chi connectivity index (χ3v) is 5.79. The number of para-hydroxylation sites is 1. The summed E-state index contributed by atoms with van der Waals surface area (Å²) in [5.41, 5.74) is 1.70. The van der Waals surface area contributed by atoms with Gasteiger partial charge in [-0.3, -0.25) is 14.2 Å². The van der Waals surface area contributed by atoms with Crippen molar-refractivity contribution in [2.24, 2.45) is 0 Å². The lowest BCUT2D eigenvalue weighted by Crippen LogP contribution is -2.29. The maximum absolute atomic E-state index is 13.0. The molecule has 0 aliphatic heterocycles. The SMILES string of the molecule is CN(C)CCCn1c(SCC(=O)N(C)Cc2ccccc2)nc2ccccc2c1=O. The van der Waals surface area contributed by atoms with Crippen LogP contribution in [0.5, 0.6) is 0 Å². The molecule has 0 N–H and O–H groups in total. The van der Waals surface area contributed by atoms with Crippen molar-refractivity contribution in [1.82, 2.24) is 19.4 Å². The summed E-state index contributed by atoms with van der Waals surface area (Å²) in [5, 5.41) is 1.21. The molecule has 7 heteroatoms. The smallest absolute Gasteiger partial charge is 0.262 e. The van der Waals surface area contributed by atoms with Gasteiger partial charge in [-0.2, -0.15) is 0 Å². The van der Waals surface area contributed by atoms with Crippen LogP contribution in [0.25, 0.3) is 10.9 Å². The fourth-order valence-corrected chi connectivity index (χ4v) is 4.15. The second kappa shape index (κ2) is 10.4. The van der Waals surface area contributed by atoms with Gasteiger partial charge in [0.1, 0.15) is 0 Å². The highest BCUT2D eigenvalue weighted by atomic mass is 32.2. The van der Waals surface area contributed by atoms with Crippen LogP contribution in [-0.2, 0) is 17.9 Å². The van der Waals surface area contributed by atoms with Gasteiger partial charge in [-0.1, -0.05) is 54.2 Å². The van der Waals surface area contributed by atoms with Crippen LogP contribution in [0, 0.1) is 0 Å². The van der Waals surface area contributed by atoms with Gasteiger partial charge in [0.25, 0.3) is 5.56 Å². The van der Waals surface area contributed by atoms with E-state index in [2.05, 4.69) is 4.90 Å². The molecule has 2 aromatic carbocycles. The molecular weight excluding hydrogens is 396 g/mol. The first-order chi connectivity index (χ1) is 14.5. The van der Waals surface area contributed by atoms with Crippen molar-refractivity contribution >= 4 is 28.6 Å². The van der Waals surface area contributed by atoms with Gasteiger partial charge in [-0.25, -0.2) is 4.98 Å². The van der Waals surface area contributed by atoms with Gasteiger partial charge in [0.2, 0.25) is 5.91 Å². The van der Waals surface area contributed by atoms with Gasteiger partial charge in [0.15, 0.2) is 5.16 Å². The van der Waals surface area contributed by atoms with Crippen molar-refractivity contribution in [2.45, 2.75) is 24.7 Å². The second-order valence-electron chi connectivity index (χ2n) is 7.55. The van der Waals surface area contributed by atoms with E-state index in [0.29, 0.717) is 29.1 Å². The minimum Gasteiger partial charge on any atom is -0.341 e. The summed E-state index contributed by atoms with van der Waals surface area (Å²) in [6.07, 6.45) is 0.836. The lowest BCUT2D eigenvalue weighted by Gasteiger charge is -2.18. The minimum absolute atomic E-state index is 0.00565. The number of aromatic nitrogens is 2. The monoisotopic (exact) mass is 424 g/mol. The van der Waals surface area contributed by atoms with Gasteiger partial charge in [0.05, 0.1) is 16.7 Å². The molecule has 3 rings (SSSR count). The standard InChI is InChI=1S/C23H28N4O2S/c1-25(2)14-9-15-27-22(29)19-12-7-8-13-20(19)24-23(27)30-17-21(28)26(3)16-18-10-5-4-6-11-18/h4-8,10-13H,9,14-17H2,1-3H3. The molecule has 0 atom stereocenters. The highest BCUT2D eigenvalue weighted by Crippen LogP contribution is 2.19. The number of amides is 1. The van der Waals surface area contributed by atoms with Gasteiger partial charge in [-0.05, 0) is 44.8 Å². The van der Waals surface area contributed by atoms with Crippen LogP contribution in [0.4, 0.5) is 0 Å². The first-order valence-corrected chi connectivity index (χ1v) is 11.0. The van der Waals surface area contributed by atoms with E-state index in [9.17, 15) is 9.59 Å². The molecule has 6 nitrogen and oxygen atoms in total. The van der Waals surface area contributed by atoms with Crippen LogP contribution in [-0.4, -0.2) is 58.7 Å². The molecular formula is C23H28N4O2S. The molecule has 158 valence electrons. The number of carbonyl (C=O) groups excluding carboxylic acids is 1. The number of thioether (sulfide) groups is 1. The molecule has 0 saturated heterocycles. The Morgan fingerprint density at radius 2 is 1.73 bits per heavy atom. The van der Waals surface area contributed by atoms with Crippen LogP contribution < -0.4 is 5.56 Å². The topological polar surface area (TPSA) is 58.4 Å². The van der Waals surface area contributed by atoms with E-state index < -0.39 is 0 Å². The summed E-state index contributed by atoms with van der Waals surface area (Å²) >= 11 is 1.33. The third kappa shape index (κ3) is 5.70. The third-order valence-electron chi connectivity index (χ3n) is 4.83. The van der Waals surface area contributed by atoms with E-state index in [0.717, 1.165) is 18.5 Å². The Balaban J connectivity index is 1.76. The summed E-state index contributed by atoms with van der Waals surface area (Å²) in [6.45, 7) is 2.01. The Morgan fingerprint density at radius 1 is 1.03 bits per heavy atom. The molecule has 1 aromatic heterocycles. The first kappa shape index (κ1) is 22.1. The van der Waals surface area contributed by atoms with E-state index in [1.165, 1.54) is 11.8 Å². The Morgan fingerprint density at radius 3 is 2.47 bits per heavy atom. The van der Waals surface area contributed by atoms with Gasteiger partial charge < -0.3 is 9.80 Å². The quantitative estimate of drug-likeness (QED) is 0.390. The number of nitrogens with zero attached hydrogens (tertiary/aromatic N) is 4. The van der Waals surface area contributed by atoms with Crippen molar-refractivity contribution in [2.75, 3.05) is 33.4 Å². The van der Waals surface area contributed by atoms with Crippen molar-refractivity contribution in [3.8, 4) is 0 Å². The van der Waals surface area contributed by atoms with Gasteiger partial charge in [0, 0.05) is 20.1 Å². The number of fused-ring (bicyclic) bond motifs is 1. The van der Waals surface area contributed by atoms with E-state index in [1.54, 1.807) is 22.6 Å². The predicted octanol–water partition coefficient (Wildman–Crippen LogP) is 3.10. The molecule has 0 aliphatic carbocycles. The lowest BCUT2D eigenvalue weighted by molar-refractivity contribution is -0.127. The highest BCUT2D eigenvalue weighted by Gasteiger charge is 2.15. The Bertz CT molecular complexity index is 1050. The zero-order chi connectivity index (χ0) is 21.5. The predicted molar refractivity (Wildman–Crippen MR) is 123 cm³/mol. The van der Waals surface area contributed by atoms with E-state index >= 15 is 0 Å². The molecule has 1 heterocycles. The normalized spacial score (nSPS) is 11.2. The van der Waals surface area contributed by atoms with Crippen LogP contribution in [0.15, 0.2) is 64.5 Å². The summed E-state index contributed by atoms with van der Waals surface area (Å²) in [4.78, 5) is 34.2. The van der Waals surface area contributed by atoms with E-state index in [1.807, 2.05) is 62.6 Å². The van der Waals surface area contributed by atoms with Crippen LogP contribution in [0.1, 0.15) is 12.0 Å². The summed E-state index contributed by atoms with van der Waals surface area (Å²) in [5.74, 6) is 0.244. The Kier molecular flexibility index (Phi) is 7.65. The van der Waals surface area contributed by atoms with Crippen molar-refractivity contribution < 1.29 is 4.79 Å². The molecule has 0 saturated carbocycles. The van der Waals surface area contributed by atoms with Crippen molar-refractivity contribution in [3.63, 3.8) is 0 Å². The van der Waals surface area contributed by atoms with Crippen LogP contribution in [0.2, 0.25) is 0 Å². The zero-order valence-electron chi connectivity index (χ0n) is 17.7. The zero-order valence-corrected chi connectivity index (χ0v) is 18.6. The number of hydrogen-bond donors (Lipinski definition) is 0. The average molecular weight is 425 g/mol. The Labute approximate surface area is 181 Å². The largest absolute Gasteiger partial charge is 0.341 e. The molecule has 1 amide bonds. The second-order valence-corrected chi connectivity index (χ2v) is 8.49. The molecule has 3 aromatic rings. The van der Waals surface area contributed by atoms with Crippen LogP contribution >= 0.6 is 11.8 Å². The van der Waals surface area contributed by atoms with Crippen molar-refractivity contribution in [3.05, 3.63) is 70.5 Å². The molecule has 0 bridgehead atoms. The maximum atomic E-state index is 13.0. The fraction of sp³-hybridized carbons (Fsp3) is 0.348. The Hall–Kier alpha value is -2.64. The van der Waals surface area contributed by atoms with E-state index in [4.69, 9.17) is 4.98 Å². The molecule has 0 unspecified atom stereocenters. The van der Waals surface area contributed by atoms with Crippen LogP contribution in [0.3, 0.4) is 0 Å². The maximum Gasteiger partial charge on any atom is 0.262 e. The molecule has 0 aliphatic rings. The number of carbonyl (C=O) groups is 1. The molecule has 0 fully saturated rings. The molecule has 30 heavy (non-hydrogen) atoms. The number of rotatable bonds is 9. The highest BCUT2D eigenvalue weighted by molar-refractivity contribution is 7.99. The number of benzene rings is 2.